The molecular formula is C40H58ClN7O6S. The second-order valence-corrected chi connectivity index (χ2v) is 19.9. The quantitative estimate of drug-likeness (QED) is 0.152. The van der Waals surface area contributed by atoms with E-state index in [0.29, 0.717) is 43.1 Å². The molecule has 2 N–H and O–H groups in total. The van der Waals surface area contributed by atoms with Crippen LogP contribution in [0.5, 0.6) is 5.88 Å². The van der Waals surface area contributed by atoms with Crippen LogP contribution in [-0.2, 0) is 14.8 Å². The van der Waals surface area contributed by atoms with Crippen molar-refractivity contribution in [1.29, 1.82) is 0 Å². The number of ether oxygens (including phenoxy) is 2. The Hall–Kier alpha value is -3.91. The van der Waals surface area contributed by atoms with Crippen LogP contribution < -0.4 is 14.8 Å². The first kappa shape index (κ1) is 42.2. The van der Waals surface area contributed by atoms with Crippen molar-refractivity contribution in [2.24, 2.45) is 23.2 Å². The molecule has 4 heterocycles. The van der Waals surface area contributed by atoms with Crippen molar-refractivity contribution in [3.8, 4) is 11.7 Å². The van der Waals surface area contributed by atoms with Crippen LogP contribution in [-0.4, -0.2) is 75.9 Å². The number of aromatic nitrogens is 4. The third-order valence-electron chi connectivity index (χ3n) is 10.1. The number of nitrogens with zero attached hydrogens (tertiary/aromatic N) is 5. The van der Waals surface area contributed by atoms with Crippen molar-refractivity contribution in [2.75, 3.05) is 25.0 Å². The summed E-state index contributed by atoms with van der Waals surface area (Å²) in [5.74, 6) is 1.41. The van der Waals surface area contributed by atoms with Crippen molar-refractivity contribution in [3.63, 3.8) is 0 Å². The van der Waals surface area contributed by atoms with Crippen LogP contribution in [0, 0.1) is 23.2 Å². The van der Waals surface area contributed by atoms with E-state index in [1.807, 2.05) is 25.7 Å². The molecule has 2 atom stereocenters. The molecule has 302 valence electrons. The average molecular weight is 800 g/mol. The minimum atomic E-state index is -4.37. The molecule has 15 heteroatoms. The zero-order valence-electron chi connectivity index (χ0n) is 33.5. The molecule has 1 saturated carbocycles. The van der Waals surface area contributed by atoms with Crippen LogP contribution >= 0.6 is 11.6 Å². The van der Waals surface area contributed by atoms with Gasteiger partial charge in [-0.1, -0.05) is 64.1 Å². The van der Waals surface area contributed by atoms with Crippen LogP contribution in [0.2, 0.25) is 5.15 Å². The summed E-state index contributed by atoms with van der Waals surface area (Å²) in [5, 5.41) is 7.24. The Morgan fingerprint density at radius 2 is 1.75 bits per heavy atom. The van der Waals surface area contributed by atoms with Gasteiger partial charge in [-0.25, -0.2) is 24.2 Å². The van der Waals surface area contributed by atoms with Gasteiger partial charge in [0.15, 0.2) is 10.8 Å². The fraction of sp³-hybridized carbons (Fsp3) is 0.625. The summed E-state index contributed by atoms with van der Waals surface area (Å²) in [6.07, 6.45) is 10.1. The fourth-order valence-corrected chi connectivity index (χ4v) is 8.93. The molecule has 0 aromatic carbocycles. The number of nitrogens with one attached hydrogen (secondary N) is 2. The van der Waals surface area contributed by atoms with E-state index in [4.69, 9.17) is 21.1 Å². The van der Waals surface area contributed by atoms with E-state index in [9.17, 15) is 18.0 Å². The Bertz CT molecular complexity index is 1910. The minimum absolute atomic E-state index is 0.0342. The summed E-state index contributed by atoms with van der Waals surface area (Å²) >= 11 is 6.39. The molecule has 3 aromatic heterocycles. The number of hydrogen-bond acceptors (Lipinski definition) is 10. The van der Waals surface area contributed by atoms with Crippen LogP contribution in [0.4, 0.5) is 10.6 Å². The third kappa shape index (κ3) is 12.0. The highest BCUT2D eigenvalue weighted by Crippen LogP contribution is 2.39. The van der Waals surface area contributed by atoms with Crippen molar-refractivity contribution in [1.82, 2.24) is 29.4 Å². The summed E-state index contributed by atoms with van der Waals surface area (Å²) in [6.45, 7) is 18.1. The maximum absolute atomic E-state index is 13.4. The minimum Gasteiger partial charge on any atom is -0.477 e. The molecule has 0 radical (unpaired) electrons. The summed E-state index contributed by atoms with van der Waals surface area (Å²) in [4.78, 5) is 36.7. The number of hydrogen-bond donors (Lipinski definition) is 2. The number of pyridine rings is 2. The lowest BCUT2D eigenvalue weighted by molar-refractivity contribution is 0.0130. The van der Waals surface area contributed by atoms with Gasteiger partial charge < -0.3 is 19.7 Å². The predicted octanol–water partition coefficient (Wildman–Crippen LogP) is 8.28. The van der Waals surface area contributed by atoms with Crippen LogP contribution in [0.1, 0.15) is 117 Å². The number of sulfonamides is 1. The highest BCUT2D eigenvalue weighted by molar-refractivity contribution is 7.90. The molecule has 1 aliphatic carbocycles. The van der Waals surface area contributed by atoms with E-state index in [0.717, 1.165) is 25.7 Å². The van der Waals surface area contributed by atoms with E-state index in [-0.39, 0.29) is 44.6 Å². The lowest BCUT2D eigenvalue weighted by atomic mass is 9.79. The second kappa shape index (κ2) is 17.1. The van der Waals surface area contributed by atoms with Crippen LogP contribution in [0.25, 0.3) is 5.82 Å². The van der Waals surface area contributed by atoms with E-state index < -0.39 is 21.5 Å². The van der Waals surface area contributed by atoms with Crippen molar-refractivity contribution in [3.05, 3.63) is 53.3 Å². The second-order valence-electron chi connectivity index (χ2n) is 17.9. The fourth-order valence-electron chi connectivity index (χ4n) is 7.76. The number of amides is 2. The van der Waals surface area contributed by atoms with Gasteiger partial charge in [0.25, 0.3) is 15.9 Å². The molecule has 2 amide bonds. The maximum atomic E-state index is 13.4. The molecule has 55 heavy (non-hydrogen) atoms. The first-order valence-corrected chi connectivity index (χ1v) is 21.2. The number of rotatable bonds is 14. The van der Waals surface area contributed by atoms with Gasteiger partial charge in [0.1, 0.15) is 16.6 Å². The topological polar surface area (TPSA) is 158 Å². The average Bonchev–Trinajstić information content (AvgIpc) is 3.83. The monoisotopic (exact) mass is 799 g/mol. The Kier molecular flexibility index (Phi) is 13.1. The van der Waals surface area contributed by atoms with Gasteiger partial charge in [-0.15, -0.1) is 5.10 Å². The Morgan fingerprint density at radius 1 is 1.02 bits per heavy atom. The van der Waals surface area contributed by atoms with Crippen LogP contribution in [0.3, 0.4) is 0 Å². The molecule has 1 saturated heterocycles. The predicted molar refractivity (Wildman–Crippen MR) is 213 cm³/mol. The molecule has 2 fully saturated rings. The van der Waals surface area contributed by atoms with Gasteiger partial charge >= 0.3 is 6.09 Å². The highest BCUT2D eigenvalue weighted by Gasteiger charge is 2.43. The third-order valence-corrected chi connectivity index (χ3v) is 11.6. The maximum Gasteiger partial charge on any atom is 0.410 e. The molecule has 0 spiro atoms. The van der Waals surface area contributed by atoms with E-state index >= 15 is 0 Å². The number of carbonyl (C=O) groups excluding carboxylic acids is 2. The summed E-state index contributed by atoms with van der Waals surface area (Å²) in [5.41, 5.74) is -0.996. The zero-order chi connectivity index (χ0) is 40.2. The molecule has 2 aliphatic rings. The number of likely N-dealkylation sites (tertiary alicyclic amines) is 1. The number of carbonyl (C=O) groups is 2. The van der Waals surface area contributed by atoms with Gasteiger partial charge in [-0.05, 0) is 108 Å². The van der Waals surface area contributed by atoms with Gasteiger partial charge in [0.05, 0.1) is 12.2 Å². The zero-order valence-corrected chi connectivity index (χ0v) is 35.1. The first-order valence-electron chi connectivity index (χ1n) is 19.3. The smallest absolute Gasteiger partial charge is 0.410 e. The molecule has 3 aromatic rings. The summed E-state index contributed by atoms with van der Waals surface area (Å²) in [6, 6.07) is 9.26. The summed E-state index contributed by atoms with van der Waals surface area (Å²) < 4.78 is 41.8. The number of anilines is 1. The highest BCUT2D eigenvalue weighted by atomic mass is 35.5. The van der Waals surface area contributed by atoms with Gasteiger partial charge in [-0.2, -0.15) is 8.42 Å². The van der Waals surface area contributed by atoms with E-state index in [2.05, 4.69) is 59.7 Å². The summed E-state index contributed by atoms with van der Waals surface area (Å²) in [7, 11) is -4.37. The molecule has 13 nitrogen and oxygen atoms in total. The Balaban J connectivity index is 1.19. The SMILES string of the molecule is CC(C)(C)CC(CNc1cccc(S(=O)(=O)NC(=O)c2ccc(-n3ccc(OCCC4CCCC4)n3)nc2Cl)n1)C[C@@H]1CN(C(=O)OC(C)(C)C)C(C)(C)C1. The molecule has 0 bridgehead atoms. The van der Waals surface area contributed by atoms with Crippen molar-refractivity contribution < 1.29 is 27.5 Å². The van der Waals surface area contributed by atoms with Crippen molar-refractivity contribution in [2.45, 2.75) is 123 Å². The molecule has 1 unspecified atom stereocenters. The molecule has 1 aliphatic heterocycles. The Morgan fingerprint density at radius 3 is 2.42 bits per heavy atom. The van der Waals surface area contributed by atoms with Crippen molar-refractivity contribution >= 4 is 39.4 Å². The largest absolute Gasteiger partial charge is 0.477 e. The van der Waals surface area contributed by atoms with E-state index in [1.54, 1.807) is 24.4 Å². The van der Waals surface area contributed by atoms with Gasteiger partial charge in [0, 0.05) is 30.9 Å². The van der Waals surface area contributed by atoms with Gasteiger partial charge in [0.2, 0.25) is 5.88 Å². The lowest BCUT2D eigenvalue weighted by Crippen LogP contribution is -2.45. The van der Waals surface area contributed by atoms with E-state index in [1.165, 1.54) is 48.6 Å². The Labute approximate surface area is 331 Å². The van der Waals surface area contributed by atoms with Gasteiger partial charge in [-0.3, -0.25) is 4.79 Å². The van der Waals surface area contributed by atoms with Crippen LogP contribution in [0.15, 0.2) is 47.6 Å². The molecule has 5 rings (SSSR count). The lowest BCUT2D eigenvalue weighted by Gasteiger charge is -2.33. The number of halogens is 1. The normalized spacial score (nSPS) is 18.3. The molecular weight excluding hydrogens is 742 g/mol. The standard InChI is InChI=1S/C40H58ClN7O6S/c1-38(2,3)23-28(22-29-24-40(7,8)47(26-29)37(50)54-39(4,5)6)25-42-31-14-11-15-34(43-31)55(51,52)46-36(49)30-16-17-32(44-35(30)41)48-20-18-33(45-48)53-21-19-27-12-9-10-13-27/h11,14-18,20,27-29H,9-10,12-13,19,21-26H2,1-8H3,(H,42,43)(H,46,49)/t28?,29-/m0/s1. The first-order chi connectivity index (χ1) is 25.7.